The van der Waals surface area contributed by atoms with Crippen LogP contribution in [-0.4, -0.2) is 38.6 Å². The van der Waals surface area contributed by atoms with Gasteiger partial charge in [-0.2, -0.15) is 10.2 Å². The van der Waals surface area contributed by atoms with Crippen LogP contribution in [-0.2, 0) is 6.54 Å². The van der Waals surface area contributed by atoms with E-state index in [9.17, 15) is 0 Å². The monoisotopic (exact) mass is 250 g/mol. The Morgan fingerprint density at radius 1 is 1.50 bits per heavy atom. The van der Waals surface area contributed by atoms with Crippen molar-refractivity contribution in [3.8, 4) is 5.75 Å². The van der Waals surface area contributed by atoms with Gasteiger partial charge in [-0.25, -0.2) is 4.98 Å². The highest BCUT2D eigenvalue weighted by Crippen LogP contribution is 2.27. The van der Waals surface area contributed by atoms with Gasteiger partial charge in [-0.1, -0.05) is 6.92 Å². The van der Waals surface area contributed by atoms with Crippen molar-refractivity contribution in [1.82, 2.24) is 30.3 Å². The third-order valence-corrected chi connectivity index (χ3v) is 2.75. The highest BCUT2D eigenvalue weighted by atomic mass is 16.5. The van der Waals surface area contributed by atoms with Crippen LogP contribution in [0.2, 0.25) is 0 Å². The van der Waals surface area contributed by atoms with Gasteiger partial charge in [-0.15, -0.1) is 0 Å². The minimum atomic E-state index is -0.102. The first kappa shape index (κ1) is 12.6. The maximum atomic E-state index is 5.37. The molecule has 7 heteroatoms. The molecule has 0 spiro atoms. The highest BCUT2D eigenvalue weighted by molar-refractivity contribution is 5.32. The van der Waals surface area contributed by atoms with Crippen LogP contribution >= 0.6 is 0 Å². The fraction of sp³-hybridized carbons (Fsp3) is 0.545. The van der Waals surface area contributed by atoms with Gasteiger partial charge < -0.3 is 10.1 Å². The summed E-state index contributed by atoms with van der Waals surface area (Å²) in [5.41, 5.74) is 0.957. The lowest BCUT2D eigenvalue weighted by Crippen LogP contribution is -2.26. The molecule has 0 fully saturated rings. The van der Waals surface area contributed by atoms with Crippen molar-refractivity contribution in [3.05, 3.63) is 24.0 Å². The van der Waals surface area contributed by atoms with Gasteiger partial charge in [0, 0.05) is 6.54 Å². The molecule has 2 rings (SSSR count). The van der Waals surface area contributed by atoms with E-state index < -0.39 is 0 Å². The summed E-state index contributed by atoms with van der Waals surface area (Å²) in [6.07, 6.45) is 3.22. The summed E-state index contributed by atoms with van der Waals surface area (Å²) in [4.78, 5) is 4.22. The lowest BCUT2D eigenvalue weighted by atomic mass is 10.1. The van der Waals surface area contributed by atoms with E-state index in [1.807, 2.05) is 18.5 Å². The lowest BCUT2D eigenvalue weighted by molar-refractivity contribution is 0.398. The Labute approximate surface area is 106 Å². The number of methoxy groups -OCH3 is 1. The zero-order chi connectivity index (χ0) is 13.0. The summed E-state index contributed by atoms with van der Waals surface area (Å²) in [7, 11) is 1.64. The maximum Gasteiger partial charge on any atom is 0.162 e. The van der Waals surface area contributed by atoms with E-state index in [0.29, 0.717) is 0 Å². The van der Waals surface area contributed by atoms with Crippen molar-refractivity contribution < 1.29 is 4.74 Å². The van der Waals surface area contributed by atoms with E-state index in [1.165, 1.54) is 6.33 Å². The van der Waals surface area contributed by atoms with Crippen LogP contribution < -0.4 is 10.1 Å². The fourth-order valence-corrected chi connectivity index (χ4v) is 1.96. The summed E-state index contributed by atoms with van der Waals surface area (Å²) in [5.74, 6) is 1.50. The molecule has 0 amide bonds. The van der Waals surface area contributed by atoms with Crippen LogP contribution in [0.4, 0.5) is 0 Å². The quantitative estimate of drug-likeness (QED) is 0.790. The minimum absolute atomic E-state index is 0.102. The van der Waals surface area contributed by atoms with Gasteiger partial charge in [0.05, 0.1) is 13.3 Å². The van der Waals surface area contributed by atoms with Crippen LogP contribution in [0.1, 0.15) is 31.4 Å². The van der Waals surface area contributed by atoms with E-state index in [0.717, 1.165) is 30.4 Å². The first-order valence-electron chi connectivity index (χ1n) is 6.00. The number of hydrogen-bond acceptors (Lipinski definition) is 5. The topological polar surface area (TPSA) is 80.7 Å². The average Bonchev–Trinajstić information content (AvgIpc) is 3.04. The van der Waals surface area contributed by atoms with E-state index in [1.54, 1.807) is 13.3 Å². The molecule has 98 valence electrons. The Kier molecular flexibility index (Phi) is 3.93. The summed E-state index contributed by atoms with van der Waals surface area (Å²) in [5, 5.41) is 14.5. The summed E-state index contributed by atoms with van der Waals surface area (Å²) in [6.45, 7) is 5.67. The van der Waals surface area contributed by atoms with Crippen molar-refractivity contribution in [3.63, 3.8) is 0 Å². The number of aryl methyl sites for hydroxylation is 1. The van der Waals surface area contributed by atoms with E-state index in [2.05, 4.69) is 25.6 Å². The van der Waals surface area contributed by atoms with Crippen molar-refractivity contribution in [2.75, 3.05) is 13.7 Å². The fourth-order valence-electron chi connectivity index (χ4n) is 1.96. The number of nitrogens with zero attached hydrogens (tertiary/aromatic N) is 4. The van der Waals surface area contributed by atoms with Crippen LogP contribution in [0, 0.1) is 0 Å². The van der Waals surface area contributed by atoms with Crippen LogP contribution in [0.3, 0.4) is 0 Å². The summed E-state index contributed by atoms with van der Waals surface area (Å²) < 4.78 is 7.27. The third kappa shape index (κ3) is 2.21. The molecule has 0 radical (unpaired) electrons. The molecule has 0 bridgehead atoms. The number of aromatic amines is 1. The molecule has 2 aromatic heterocycles. The second kappa shape index (κ2) is 5.63. The predicted molar refractivity (Wildman–Crippen MR) is 66.4 cm³/mol. The average molecular weight is 250 g/mol. The molecule has 2 N–H and O–H groups in total. The minimum Gasteiger partial charge on any atom is -0.493 e. The van der Waals surface area contributed by atoms with Gasteiger partial charge >= 0.3 is 0 Å². The molecular formula is C11H18N6O. The Hall–Kier alpha value is -1.89. The molecular weight excluding hydrogens is 232 g/mol. The highest BCUT2D eigenvalue weighted by Gasteiger charge is 2.24. The molecule has 1 unspecified atom stereocenters. The second-order valence-corrected chi connectivity index (χ2v) is 3.78. The van der Waals surface area contributed by atoms with Crippen LogP contribution in [0.15, 0.2) is 12.5 Å². The first-order chi connectivity index (χ1) is 8.81. The largest absolute Gasteiger partial charge is 0.493 e. The number of ether oxygens (including phenoxy) is 1. The first-order valence-corrected chi connectivity index (χ1v) is 6.00. The number of aromatic nitrogens is 5. The predicted octanol–water partition coefficient (Wildman–Crippen LogP) is 0.729. The van der Waals surface area contributed by atoms with Gasteiger partial charge in [0.2, 0.25) is 0 Å². The second-order valence-electron chi connectivity index (χ2n) is 3.78. The number of H-pyrrole nitrogens is 1. The molecule has 2 aromatic rings. The lowest BCUT2D eigenvalue weighted by Gasteiger charge is -2.17. The standard InChI is InChI=1S/C11H18N6O/c1-4-12-9(11-13-7-14-16-11)10-8(18-3)6-15-17(10)5-2/h6-7,9,12H,4-5H2,1-3H3,(H,13,14,16). The Bertz CT molecular complexity index is 456. The number of nitrogens with one attached hydrogen (secondary N) is 2. The Balaban J connectivity index is 2.44. The third-order valence-electron chi connectivity index (χ3n) is 2.75. The Morgan fingerprint density at radius 2 is 2.33 bits per heavy atom. The normalized spacial score (nSPS) is 12.6. The number of rotatable bonds is 6. The van der Waals surface area contributed by atoms with Gasteiger partial charge in [0.1, 0.15) is 23.9 Å². The Morgan fingerprint density at radius 3 is 2.89 bits per heavy atom. The van der Waals surface area contributed by atoms with E-state index >= 15 is 0 Å². The molecule has 0 saturated heterocycles. The van der Waals surface area contributed by atoms with Crippen LogP contribution in [0.25, 0.3) is 0 Å². The molecule has 0 aliphatic rings. The van der Waals surface area contributed by atoms with Gasteiger partial charge in [0.25, 0.3) is 0 Å². The molecule has 18 heavy (non-hydrogen) atoms. The van der Waals surface area contributed by atoms with Crippen molar-refractivity contribution in [2.24, 2.45) is 0 Å². The van der Waals surface area contributed by atoms with Gasteiger partial charge in [-0.3, -0.25) is 9.78 Å². The van der Waals surface area contributed by atoms with Crippen molar-refractivity contribution >= 4 is 0 Å². The van der Waals surface area contributed by atoms with E-state index in [4.69, 9.17) is 4.74 Å². The molecule has 2 heterocycles. The van der Waals surface area contributed by atoms with Crippen LogP contribution in [0.5, 0.6) is 5.75 Å². The van der Waals surface area contributed by atoms with E-state index in [-0.39, 0.29) is 6.04 Å². The van der Waals surface area contributed by atoms with Crippen molar-refractivity contribution in [1.29, 1.82) is 0 Å². The molecule has 0 aromatic carbocycles. The van der Waals surface area contributed by atoms with Gasteiger partial charge in [0.15, 0.2) is 5.75 Å². The summed E-state index contributed by atoms with van der Waals surface area (Å²) >= 11 is 0. The molecule has 0 aliphatic heterocycles. The SMILES string of the molecule is CCNC(c1ncn[nH]1)c1c(OC)cnn1CC. The van der Waals surface area contributed by atoms with Crippen molar-refractivity contribution in [2.45, 2.75) is 26.4 Å². The zero-order valence-electron chi connectivity index (χ0n) is 10.8. The molecule has 0 aliphatic carbocycles. The van der Waals surface area contributed by atoms with Gasteiger partial charge in [-0.05, 0) is 13.5 Å². The molecule has 7 nitrogen and oxygen atoms in total. The number of hydrogen-bond donors (Lipinski definition) is 2. The molecule has 1 atom stereocenters. The smallest absolute Gasteiger partial charge is 0.162 e. The maximum absolute atomic E-state index is 5.37. The zero-order valence-corrected chi connectivity index (χ0v) is 10.8. The molecule has 0 saturated carbocycles. The summed E-state index contributed by atoms with van der Waals surface area (Å²) in [6, 6.07) is -0.102.